The van der Waals surface area contributed by atoms with Gasteiger partial charge in [0, 0.05) is 48.3 Å². The molecule has 2 saturated heterocycles. The summed E-state index contributed by atoms with van der Waals surface area (Å²) in [5.41, 5.74) is 0.871. The molecule has 4 rings (SSSR count). The summed E-state index contributed by atoms with van der Waals surface area (Å²) in [4.78, 5) is 28.8. The van der Waals surface area contributed by atoms with Gasteiger partial charge in [0.15, 0.2) is 0 Å². The van der Waals surface area contributed by atoms with Crippen molar-refractivity contribution in [2.24, 2.45) is 5.41 Å². The van der Waals surface area contributed by atoms with Crippen LogP contribution in [0.15, 0.2) is 29.6 Å². The zero-order valence-corrected chi connectivity index (χ0v) is 14.8. The SMILES string of the molecule is CCN1CC2(CCN(C(=O)c3ccc4sccc4c3)CC2)CC1=O. The van der Waals surface area contributed by atoms with Gasteiger partial charge in [0.05, 0.1) is 0 Å². The average molecular weight is 342 g/mol. The zero-order valence-electron chi connectivity index (χ0n) is 14.0. The Kier molecular flexibility index (Phi) is 3.83. The number of amides is 2. The molecule has 5 heteroatoms. The Morgan fingerprint density at radius 1 is 1.25 bits per heavy atom. The van der Waals surface area contributed by atoms with Crippen LogP contribution in [0, 0.1) is 5.41 Å². The lowest BCUT2D eigenvalue weighted by atomic mass is 9.77. The molecule has 2 amide bonds. The highest BCUT2D eigenvalue weighted by molar-refractivity contribution is 7.17. The van der Waals surface area contributed by atoms with E-state index in [9.17, 15) is 9.59 Å². The second kappa shape index (κ2) is 5.88. The highest BCUT2D eigenvalue weighted by atomic mass is 32.1. The van der Waals surface area contributed by atoms with Crippen LogP contribution in [0.1, 0.15) is 36.5 Å². The minimum atomic E-state index is 0.0984. The molecule has 1 aromatic heterocycles. The summed E-state index contributed by atoms with van der Waals surface area (Å²) in [6, 6.07) is 8.03. The van der Waals surface area contributed by atoms with Gasteiger partial charge in [-0.25, -0.2) is 0 Å². The summed E-state index contributed by atoms with van der Waals surface area (Å²) in [5, 5.41) is 3.19. The van der Waals surface area contributed by atoms with Crippen molar-refractivity contribution in [1.82, 2.24) is 9.80 Å². The Morgan fingerprint density at radius 3 is 2.75 bits per heavy atom. The van der Waals surface area contributed by atoms with Gasteiger partial charge >= 0.3 is 0 Å². The van der Waals surface area contributed by atoms with Gasteiger partial charge in [-0.3, -0.25) is 9.59 Å². The van der Waals surface area contributed by atoms with Crippen molar-refractivity contribution in [3.63, 3.8) is 0 Å². The Morgan fingerprint density at radius 2 is 2.04 bits per heavy atom. The molecule has 1 aromatic carbocycles. The molecule has 0 bridgehead atoms. The predicted octanol–water partition coefficient (Wildman–Crippen LogP) is 3.38. The minimum absolute atomic E-state index is 0.0984. The van der Waals surface area contributed by atoms with E-state index in [0.29, 0.717) is 6.42 Å². The molecule has 0 radical (unpaired) electrons. The third-order valence-electron chi connectivity index (χ3n) is 5.60. The first-order valence-electron chi connectivity index (χ1n) is 8.65. The van der Waals surface area contributed by atoms with Gasteiger partial charge in [-0.2, -0.15) is 0 Å². The van der Waals surface area contributed by atoms with Crippen LogP contribution in [0.5, 0.6) is 0 Å². The van der Waals surface area contributed by atoms with E-state index >= 15 is 0 Å². The number of fused-ring (bicyclic) bond motifs is 1. The Labute approximate surface area is 146 Å². The van der Waals surface area contributed by atoms with E-state index < -0.39 is 0 Å². The van der Waals surface area contributed by atoms with Crippen molar-refractivity contribution >= 4 is 33.2 Å². The number of thiophene rings is 1. The van der Waals surface area contributed by atoms with E-state index in [0.717, 1.165) is 50.0 Å². The fourth-order valence-electron chi connectivity index (χ4n) is 4.07. The summed E-state index contributed by atoms with van der Waals surface area (Å²) >= 11 is 1.70. The van der Waals surface area contributed by atoms with Crippen molar-refractivity contribution in [3.05, 3.63) is 35.2 Å². The number of benzene rings is 1. The number of carbonyl (C=O) groups excluding carboxylic acids is 2. The second-order valence-electron chi connectivity index (χ2n) is 7.05. The Hall–Kier alpha value is -1.88. The van der Waals surface area contributed by atoms with E-state index in [4.69, 9.17) is 0 Å². The number of hydrogen-bond donors (Lipinski definition) is 0. The fourth-order valence-corrected chi connectivity index (χ4v) is 4.84. The van der Waals surface area contributed by atoms with Gasteiger partial charge in [0.2, 0.25) is 5.91 Å². The molecule has 24 heavy (non-hydrogen) atoms. The van der Waals surface area contributed by atoms with Gasteiger partial charge < -0.3 is 9.80 Å². The van der Waals surface area contributed by atoms with Crippen molar-refractivity contribution < 1.29 is 9.59 Å². The number of carbonyl (C=O) groups is 2. The molecule has 126 valence electrons. The quantitative estimate of drug-likeness (QED) is 0.839. The molecular formula is C19H22N2O2S. The molecule has 4 nitrogen and oxygen atoms in total. The lowest BCUT2D eigenvalue weighted by Crippen LogP contribution is -2.44. The van der Waals surface area contributed by atoms with Crippen LogP contribution in [-0.2, 0) is 4.79 Å². The molecular weight excluding hydrogens is 320 g/mol. The largest absolute Gasteiger partial charge is 0.342 e. The van der Waals surface area contributed by atoms with Crippen molar-refractivity contribution in [2.75, 3.05) is 26.2 Å². The molecule has 1 spiro atoms. The second-order valence-corrected chi connectivity index (χ2v) is 8.00. The first-order valence-corrected chi connectivity index (χ1v) is 9.52. The van der Waals surface area contributed by atoms with Gasteiger partial charge in [-0.05, 0) is 54.8 Å². The molecule has 0 aliphatic carbocycles. The van der Waals surface area contributed by atoms with E-state index in [2.05, 4.69) is 11.4 Å². The van der Waals surface area contributed by atoms with Gasteiger partial charge in [0.25, 0.3) is 5.91 Å². The number of nitrogens with zero attached hydrogens (tertiary/aromatic N) is 2. The topological polar surface area (TPSA) is 40.6 Å². The molecule has 2 fully saturated rings. The third kappa shape index (κ3) is 2.61. The highest BCUT2D eigenvalue weighted by Crippen LogP contribution is 2.41. The molecule has 2 aliphatic rings. The van der Waals surface area contributed by atoms with E-state index in [1.54, 1.807) is 11.3 Å². The maximum Gasteiger partial charge on any atom is 0.253 e. The molecule has 0 unspecified atom stereocenters. The third-order valence-corrected chi connectivity index (χ3v) is 6.50. The number of likely N-dealkylation sites (tertiary alicyclic amines) is 2. The smallest absolute Gasteiger partial charge is 0.253 e. The summed E-state index contributed by atoms with van der Waals surface area (Å²) < 4.78 is 1.22. The Balaban J connectivity index is 1.45. The van der Waals surface area contributed by atoms with Crippen molar-refractivity contribution in [3.8, 4) is 0 Å². The lowest BCUT2D eigenvalue weighted by molar-refractivity contribution is -0.127. The van der Waals surface area contributed by atoms with Crippen molar-refractivity contribution in [2.45, 2.75) is 26.2 Å². The predicted molar refractivity (Wildman–Crippen MR) is 96.3 cm³/mol. The van der Waals surface area contributed by atoms with Gasteiger partial charge in [-0.15, -0.1) is 11.3 Å². The number of hydrogen-bond acceptors (Lipinski definition) is 3. The summed E-state index contributed by atoms with van der Waals surface area (Å²) in [6.45, 7) is 5.21. The van der Waals surface area contributed by atoms with Crippen LogP contribution in [0.3, 0.4) is 0 Å². The fraction of sp³-hybridized carbons (Fsp3) is 0.474. The average Bonchev–Trinajstić information content (AvgIpc) is 3.18. The number of rotatable bonds is 2. The monoisotopic (exact) mass is 342 g/mol. The van der Waals surface area contributed by atoms with E-state index in [1.165, 1.54) is 4.70 Å². The maximum atomic E-state index is 12.8. The van der Waals surface area contributed by atoms with Crippen LogP contribution in [0.2, 0.25) is 0 Å². The normalized spacial score (nSPS) is 20.3. The van der Waals surface area contributed by atoms with Crippen molar-refractivity contribution in [1.29, 1.82) is 0 Å². The standard InChI is InChI=1S/C19H22N2O2S/c1-2-20-13-19(12-17(20)22)6-8-21(9-7-19)18(23)15-3-4-16-14(11-15)5-10-24-16/h3-5,10-11H,2,6-9,12-13H2,1H3. The molecule has 0 saturated carbocycles. The van der Waals surface area contributed by atoms with Gasteiger partial charge in [-0.1, -0.05) is 0 Å². The van der Waals surface area contributed by atoms with E-state index in [1.807, 2.05) is 34.9 Å². The summed E-state index contributed by atoms with van der Waals surface area (Å²) in [6.07, 6.45) is 2.52. The van der Waals surface area contributed by atoms with Crippen LogP contribution in [0.25, 0.3) is 10.1 Å². The molecule has 3 heterocycles. The first-order chi connectivity index (χ1) is 11.6. The van der Waals surface area contributed by atoms with Crippen LogP contribution < -0.4 is 0 Å². The maximum absolute atomic E-state index is 12.8. The van der Waals surface area contributed by atoms with Gasteiger partial charge in [0.1, 0.15) is 0 Å². The first kappa shape index (κ1) is 15.6. The molecule has 0 N–H and O–H groups in total. The molecule has 2 aliphatic heterocycles. The zero-order chi connectivity index (χ0) is 16.7. The minimum Gasteiger partial charge on any atom is -0.342 e. The van der Waals surface area contributed by atoms with E-state index in [-0.39, 0.29) is 17.2 Å². The van der Waals surface area contributed by atoms with Crippen LogP contribution >= 0.6 is 11.3 Å². The molecule has 2 aromatic rings. The number of piperidine rings is 1. The Bertz CT molecular complexity index is 790. The summed E-state index contributed by atoms with van der Waals surface area (Å²) in [5.74, 6) is 0.398. The van der Waals surface area contributed by atoms with Crippen LogP contribution in [0.4, 0.5) is 0 Å². The molecule has 0 atom stereocenters. The van der Waals surface area contributed by atoms with Crippen LogP contribution in [-0.4, -0.2) is 47.8 Å². The highest BCUT2D eigenvalue weighted by Gasteiger charge is 2.44. The summed E-state index contributed by atoms with van der Waals surface area (Å²) in [7, 11) is 0. The lowest BCUT2D eigenvalue weighted by Gasteiger charge is -2.38.